The Kier molecular flexibility index (Phi) is 5.00. The van der Waals surface area contributed by atoms with E-state index in [1.807, 2.05) is 30.3 Å². The first-order valence-corrected chi connectivity index (χ1v) is 7.26. The molecule has 0 radical (unpaired) electrons. The fraction of sp³-hybridized carbons (Fsp3) is 0.500. The van der Waals surface area contributed by atoms with E-state index in [1.165, 1.54) is 0 Å². The second-order valence-corrected chi connectivity index (χ2v) is 5.77. The number of ether oxygens (including phenoxy) is 1. The standard InChI is InChI=1S/C16H20FNO4/c1-12(9-13-5-3-2-4-6-13)22-14(19)16(10-17)7-8-18(11-16)15(20)21/h2-6,12H,7-11H2,1H3,(H,20,21). The van der Waals surface area contributed by atoms with Crippen LogP contribution >= 0.6 is 0 Å². The minimum atomic E-state index is -1.36. The molecule has 1 aliphatic rings. The summed E-state index contributed by atoms with van der Waals surface area (Å²) in [7, 11) is 0. The Balaban J connectivity index is 1.96. The maximum absolute atomic E-state index is 13.4. The number of alkyl halides is 1. The van der Waals surface area contributed by atoms with E-state index in [9.17, 15) is 14.0 Å². The second kappa shape index (κ2) is 6.77. The number of hydrogen-bond donors (Lipinski definition) is 1. The molecule has 0 saturated carbocycles. The lowest BCUT2D eigenvalue weighted by Gasteiger charge is -2.25. The monoisotopic (exact) mass is 309 g/mol. The van der Waals surface area contributed by atoms with Crippen LogP contribution in [0.5, 0.6) is 0 Å². The van der Waals surface area contributed by atoms with Crippen LogP contribution in [0.15, 0.2) is 30.3 Å². The van der Waals surface area contributed by atoms with E-state index in [2.05, 4.69) is 0 Å². The van der Waals surface area contributed by atoms with E-state index >= 15 is 0 Å². The lowest BCUT2D eigenvalue weighted by molar-refractivity contribution is -0.160. The Bertz CT molecular complexity index is 536. The fourth-order valence-corrected chi connectivity index (χ4v) is 2.66. The summed E-state index contributed by atoms with van der Waals surface area (Å²) in [6.07, 6.45) is -0.831. The van der Waals surface area contributed by atoms with E-state index in [1.54, 1.807) is 6.92 Å². The molecule has 1 aromatic carbocycles. The van der Waals surface area contributed by atoms with Crippen molar-refractivity contribution in [2.45, 2.75) is 25.9 Å². The number of carbonyl (C=O) groups excluding carboxylic acids is 1. The number of carbonyl (C=O) groups is 2. The van der Waals surface area contributed by atoms with Crippen molar-refractivity contribution in [2.24, 2.45) is 5.41 Å². The van der Waals surface area contributed by atoms with Gasteiger partial charge in [-0.25, -0.2) is 9.18 Å². The van der Waals surface area contributed by atoms with Crippen molar-refractivity contribution >= 4 is 12.1 Å². The van der Waals surface area contributed by atoms with Gasteiger partial charge in [-0.15, -0.1) is 0 Å². The number of halogens is 1. The number of nitrogens with zero attached hydrogens (tertiary/aromatic N) is 1. The number of esters is 1. The van der Waals surface area contributed by atoms with Gasteiger partial charge in [-0.1, -0.05) is 30.3 Å². The first-order chi connectivity index (χ1) is 10.5. The largest absolute Gasteiger partial charge is 0.465 e. The van der Waals surface area contributed by atoms with Crippen LogP contribution in [0.2, 0.25) is 0 Å². The molecule has 1 heterocycles. The van der Waals surface area contributed by atoms with Gasteiger partial charge in [0.25, 0.3) is 0 Å². The van der Waals surface area contributed by atoms with E-state index in [0.717, 1.165) is 10.5 Å². The summed E-state index contributed by atoms with van der Waals surface area (Å²) in [4.78, 5) is 24.3. The third-order valence-corrected chi connectivity index (χ3v) is 3.99. The van der Waals surface area contributed by atoms with Gasteiger partial charge in [0.05, 0.1) is 0 Å². The maximum Gasteiger partial charge on any atom is 0.407 e. The number of likely N-dealkylation sites (tertiary alicyclic amines) is 1. The van der Waals surface area contributed by atoms with E-state index in [4.69, 9.17) is 9.84 Å². The Hall–Kier alpha value is -2.11. The molecule has 0 bridgehead atoms. The highest BCUT2D eigenvalue weighted by atomic mass is 19.1. The molecule has 0 aromatic heterocycles. The second-order valence-electron chi connectivity index (χ2n) is 5.77. The minimum Gasteiger partial charge on any atom is -0.465 e. The third-order valence-electron chi connectivity index (χ3n) is 3.99. The average Bonchev–Trinajstić information content (AvgIpc) is 2.94. The van der Waals surface area contributed by atoms with Crippen LogP contribution in [0.4, 0.5) is 9.18 Å². The molecule has 2 rings (SSSR count). The van der Waals surface area contributed by atoms with Crippen molar-refractivity contribution in [1.29, 1.82) is 0 Å². The summed E-state index contributed by atoms with van der Waals surface area (Å²) in [5.41, 5.74) is -0.334. The summed E-state index contributed by atoms with van der Waals surface area (Å²) >= 11 is 0. The summed E-state index contributed by atoms with van der Waals surface area (Å²) in [5, 5.41) is 8.95. The van der Waals surface area contributed by atoms with Gasteiger partial charge in [0.1, 0.15) is 18.2 Å². The minimum absolute atomic E-state index is 0.143. The van der Waals surface area contributed by atoms with Crippen LogP contribution in [0.3, 0.4) is 0 Å². The molecular formula is C16H20FNO4. The van der Waals surface area contributed by atoms with Gasteiger partial charge >= 0.3 is 12.1 Å². The van der Waals surface area contributed by atoms with E-state index < -0.39 is 30.3 Å². The molecule has 120 valence electrons. The predicted molar refractivity (Wildman–Crippen MR) is 78.3 cm³/mol. The Morgan fingerprint density at radius 1 is 1.41 bits per heavy atom. The van der Waals surface area contributed by atoms with E-state index in [-0.39, 0.29) is 19.5 Å². The maximum atomic E-state index is 13.4. The molecule has 1 amide bonds. The predicted octanol–water partition coefficient (Wildman–Crippen LogP) is 2.50. The van der Waals surface area contributed by atoms with Crippen LogP contribution in [0, 0.1) is 5.41 Å². The number of carboxylic acid groups (broad SMARTS) is 1. The smallest absolute Gasteiger partial charge is 0.407 e. The topological polar surface area (TPSA) is 66.8 Å². The van der Waals surface area contributed by atoms with Gasteiger partial charge in [0, 0.05) is 19.5 Å². The number of amides is 1. The molecule has 22 heavy (non-hydrogen) atoms. The number of hydrogen-bond acceptors (Lipinski definition) is 3. The molecule has 1 N–H and O–H groups in total. The molecule has 1 aromatic rings. The molecule has 6 heteroatoms. The van der Waals surface area contributed by atoms with Gasteiger partial charge in [-0.2, -0.15) is 0 Å². The van der Waals surface area contributed by atoms with Crippen LogP contribution in [0.1, 0.15) is 18.9 Å². The molecule has 2 atom stereocenters. The summed E-state index contributed by atoms with van der Waals surface area (Å²) in [6, 6.07) is 9.55. The van der Waals surface area contributed by atoms with Crippen LogP contribution < -0.4 is 0 Å². The third kappa shape index (κ3) is 3.55. The Morgan fingerprint density at radius 2 is 2.09 bits per heavy atom. The molecule has 2 unspecified atom stereocenters. The lowest BCUT2D eigenvalue weighted by Crippen LogP contribution is -2.40. The lowest BCUT2D eigenvalue weighted by atomic mass is 9.89. The van der Waals surface area contributed by atoms with Crippen LogP contribution in [-0.4, -0.2) is 47.9 Å². The summed E-state index contributed by atoms with van der Waals surface area (Å²) < 4.78 is 18.8. The number of benzene rings is 1. The zero-order valence-electron chi connectivity index (χ0n) is 12.5. The average molecular weight is 309 g/mol. The molecule has 0 aliphatic carbocycles. The quantitative estimate of drug-likeness (QED) is 0.849. The van der Waals surface area contributed by atoms with Crippen molar-refractivity contribution < 1.29 is 23.8 Å². The molecule has 0 spiro atoms. The first kappa shape index (κ1) is 16.3. The summed E-state index contributed by atoms with van der Waals surface area (Å²) in [6.45, 7) is 0.853. The normalized spacial score (nSPS) is 22.4. The van der Waals surface area contributed by atoms with Crippen LogP contribution in [0.25, 0.3) is 0 Å². The van der Waals surface area contributed by atoms with Gasteiger partial charge in [-0.3, -0.25) is 4.79 Å². The Labute approximate surface area is 128 Å². The molecule has 1 saturated heterocycles. The highest BCUT2D eigenvalue weighted by molar-refractivity contribution is 5.79. The van der Waals surface area contributed by atoms with Crippen LogP contribution in [-0.2, 0) is 16.0 Å². The molecule has 5 nitrogen and oxygen atoms in total. The van der Waals surface area contributed by atoms with Gasteiger partial charge in [0.15, 0.2) is 0 Å². The first-order valence-electron chi connectivity index (χ1n) is 7.26. The zero-order chi connectivity index (χ0) is 16.2. The van der Waals surface area contributed by atoms with Crippen molar-refractivity contribution in [3.8, 4) is 0 Å². The van der Waals surface area contributed by atoms with E-state index in [0.29, 0.717) is 6.42 Å². The fourth-order valence-electron chi connectivity index (χ4n) is 2.66. The summed E-state index contributed by atoms with van der Waals surface area (Å²) in [5.74, 6) is -0.651. The van der Waals surface area contributed by atoms with Crippen molar-refractivity contribution in [2.75, 3.05) is 19.8 Å². The SMILES string of the molecule is CC(Cc1ccccc1)OC(=O)C1(CF)CCN(C(=O)O)C1. The van der Waals surface area contributed by atoms with Gasteiger partial charge in [-0.05, 0) is 18.9 Å². The van der Waals surface area contributed by atoms with Crippen molar-refractivity contribution in [3.63, 3.8) is 0 Å². The molecule has 1 aliphatic heterocycles. The molecular weight excluding hydrogens is 289 g/mol. The molecule has 1 fully saturated rings. The van der Waals surface area contributed by atoms with Gasteiger partial charge < -0.3 is 14.7 Å². The van der Waals surface area contributed by atoms with Crippen molar-refractivity contribution in [1.82, 2.24) is 4.90 Å². The van der Waals surface area contributed by atoms with Gasteiger partial charge in [0.2, 0.25) is 0 Å². The zero-order valence-corrected chi connectivity index (χ0v) is 12.5. The highest BCUT2D eigenvalue weighted by Gasteiger charge is 2.48. The van der Waals surface area contributed by atoms with Crippen molar-refractivity contribution in [3.05, 3.63) is 35.9 Å². The Morgan fingerprint density at radius 3 is 2.64 bits per heavy atom. The highest BCUT2D eigenvalue weighted by Crippen LogP contribution is 2.33. The number of rotatable bonds is 5.